The second-order valence-corrected chi connectivity index (χ2v) is 7.30. The zero-order valence-electron chi connectivity index (χ0n) is 13.9. The summed E-state index contributed by atoms with van der Waals surface area (Å²) >= 11 is 0. The Morgan fingerprint density at radius 2 is 1.96 bits per heavy atom. The fourth-order valence-electron chi connectivity index (χ4n) is 4.07. The summed E-state index contributed by atoms with van der Waals surface area (Å²) in [5.41, 5.74) is -0.102. The van der Waals surface area contributed by atoms with Crippen LogP contribution in [0.4, 0.5) is 4.39 Å². The van der Waals surface area contributed by atoms with Gasteiger partial charge in [-0.15, -0.1) is 0 Å². The zero-order valence-corrected chi connectivity index (χ0v) is 13.9. The molecule has 6 rings (SSSR count). The molecule has 0 amide bonds. The maximum Gasteiger partial charge on any atom is 0.316 e. The Balaban J connectivity index is 1.43. The van der Waals surface area contributed by atoms with Crippen LogP contribution in [0.5, 0.6) is 0 Å². The van der Waals surface area contributed by atoms with E-state index in [9.17, 15) is 14.0 Å². The summed E-state index contributed by atoms with van der Waals surface area (Å²) in [5, 5.41) is 3.93. The molecular formula is C19H16FN3O3. The lowest BCUT2D eigenvalue weighted by molar-refractivity contribution is -0.0919. The second-order valence-electron chi connectivity index (χ2n) is 7.30. The van der Waals surface area contributed by atoms with Gasteiger partial charge in [-0.1, -0.05) is 17.3 Å². The molecule has 6 nitrogen and oxygen atoms in total. The highest BCUT2D eigenvalue weighted by atomic mass is 19.1. The molecule has 0 saturated heterocycles. The lowest BCUT2D eigenvalue weighted by atomic mass is 9.49. The average Bonchev–Trinajstić information content (AvgIpc) is 3.00. The molecule has 0 radical (unpaired) electrons. The third kappa shape index (κ3) is 2.20. The maximum atomic E-state index is 13.3. The number of aromatic nitrogens is 3. The minimum atomic E-state index is -0.562. The van der Waals surface area contributed by atoms with Crippen molar-refractivity contribution in [1.29, 1.82) is 0 Å². The average molecular weight is 353 g/mol. The largest absolute Gasteiger partial charge is 0.356 e. The van der Waals surface area contributed by atoms with Crippen molar-refractivity contribution in [2.45, 2.75) is 31.3 Å². The predicted molar refractivity (Wildman–Crippen MR) is 91.3 cm³/mol. The predicted octanol–water partition coefficient (Wildman–Crippen LogP) is 2.36. The first-order valence-electron chi connectivity index (χ1n) is 8.58. The molecule has 132 valence electrons. The number of hydrogen-bond donors (Lipinski definition) is 0. The molecule has 0 spiro atoms. The van der Waals surface area contributed by atoms with Gasteiger partial charge in [0.1, 0.15) is 11.5 Å². The lowest BCUT2D eigenvalue weighted by Gasteiger charge is -2.62. The number of rotatable bonds is 4. The van der Waals surface area contributed by atoms with Crippen LogP contribution >= 0.6 is 0 Å². The normalized spacial score (nSPS) is 23.3. The van der Waals surface area contributed by atoms with Crippen LogP contribution in [-0.4, -0.2) is 14.3 Å². The smallest absolute Gasteiger partial charge is 0.316 e. The number of hydrogen-bond acceptors (Lipinski definition) is 4. The van der Waals surface area contributed by atoms with Crippen molar-refractivity contribution in [3.63, 3.8) is 0 Å². The second kappa shape index (κ2) is 5.27. The van der Waals surface area contributed by atoms with Crippen molar-refractivity contribution >= 4 is 0 Å². The van der Waals surface area contributed by atoms with Crippen LogP contribution in [0.2, 0.25) is 0 Å². The van der Waals surface area contributed by atoms with Crippen LogP contribution in [0.1, 0.15) is 25.0 Å². The molecule has 2 bridgehead atoms. The Hall–Kier alpha value is -2.96. The maximum absolute atomic E-state index is 13.3. The van der Waals surface area contributed by atoms with Crippen LogP contribution in [0.3, 0.4) is 0 Å². The summed E-state index contributed by atoms with van der Waals surface area (Å²) in [6, 6.07) is 7.64. The van der Waals surface area contributed by atoms with Gasteiger partial charge in [0.15, 0.2) is 5.76 Å². The van der Waals surface area contributed by atoms with E-state index < -0.39 is 11.1 Å². The van der Waals surface area contributed by atoms with Gasteiger partial charge in [-0.25, -0.2) is 4.39 Å². The van der Waals surface area contributed by atoms with Crippen molar-refractivity contribution in [2.24, 2.45) is 5.92 Å². The summed E-state index contributed by atoms with van der Waals surface area (Å²) in [4.78, 5) is 24.9. The van der Waals surface area contributed by atoms with Crippen molar-refractivity contribution in [2.75, 3.05) is 0 Å². The van der Waals surface area contributed by atoms with E-state index in [1.54, 1.807) is 35.2 Å². The first-order chi connectivity index (χ1) is 12.5. The summed E-state index contributed by atoms with van der Waals surface area (Å²) < 4.78 is 21.5. The van der Waals surface area contributed by atoms with Gasteiger partial charge in [-0.05, 0) is 37.3 Å². The molecule has 7 heteroatoms. The van der Waals surface area contributed by atoms with E-state index in [-0.39, 0.29) is 17.9 Å². The van der Waals surface area contributed by atoms with Gasteiger partial charge in [0.2, 0.25) is 0 Å². The third-order valence-electron chi connectivity index (χ3n) is 5.58. The Morgan fingerprint density at radius 3 is 2.65 bits per heavy atom. The highest BCUT2D eigenvalue weighted by Crippen LogP contribution is 2.61. The fraction of sp³-hybridized carbons (Fsp3) is 0.316. The Kier molecular flexibility index (Phi) is 3.10. The minimum Gasteiger partial charge on any atom is -0.356 e. The van der Waals surface area contributed by atoms with Gasteiger partial charge >= 0.3 is 11.1 Å². The molecule has 3 aliphatic carbocycles. The molecule has 0 aliphatic heterocycles. The monoisotopic (exact) mass is 353 g/mol. The van der Waals surface area contributed by atoms with E-state index >= 15 is 0 Å². The summed E-state index contributed by atoms with van der Waals surface area (Å²) in [6.07, 6.45) is 6.32. The van der Waals surface area contributed by atoms with E-state index in [1.807, 2.05) is 0 Å². The Morgan fingerprint density at radius 1 is 1.15 bits per heavy atom. The summed E-state index contributed by atoms with van der Waals surface area (Å²) in [7, 11) is 0. The van der Waals surface area contributed by atoms with E-state index in [2.05, 4.69) is 5.16 Å². The van der Waals surface area contributed by atoms with E-state index in [0.29, 0.717) is 17.0 Å². The number of halogens is 1. The van der Waals surface area contributed by atoms with Gasteiger partial charge in [0.05, 0.1) is 6.54 Å². The Bertz CT molecular complexity index is 1110. The van der Waals surface area contributed by atoms with E-state index in [1.165, 1.54) is 16.7 Å². The first-order valence-corrected chi connectivity index (χ1v) is 8.58. The number of benzene rings is 1. The highest BCUT2D eigenvalue weighted by Gasteiger charge is 2.58. The van der Waals surface area contributed by atoms with E-state index in [4.69, 9.17) is 4.52 Å². The third-order valence-corrected chi connectivity index (χ3v) is 5.58. The van der Waals surface area contributed by atoms with Crippen LogP contribution in [-0.2, 0) is 12.1 Å². The zero-order chi connectivity index (χ0) is 17.9. The van der Waals surface area contributed by atoms with Crippen LogP contribution in [0.25, 0.3) is 11.3 Å². The van der Waals surface area contributed by atoms with Gasteiger partial charge in [0.25, 0.3) is 0 Å². The molecule has 3 aromatic rings. The topological polar surface area (TPSA) is 70.0 Å². The molecule has 3 fully saturated rings. The lowest BCUT2D eigenvalue weighted by Crippen LogP contribution is -2.64. The molecule has 0 unspecified atom stereocenters. The van der Waals surface area contributed by atoms with Crippen LogP contribution in [0.15, 0.2) is 56.8 Å². The van der Waals surface area contributed by atoms with E-state index in [0.717, 1.165) is 25.2 Å². The number of nitrogens with zero attached hydrogens (tertiary/aromatic N) is 3. The standard InChI is InChI=1S/C19H16FN3O3/c20-14-3-1-2-13(6-14)16-7-15(21-26-16)11-22-4-5-23(18(25)17(22)24)19-8-12(9-19)10-19/h1-7,12H,8-11H2. The highest BCUT2D eigenvalue weighted by molar-refractivity contribution is 5.57. The van der Waals surface area contributed by atoms with Gasteiger partial charge < -0.3 is 13.7 Å². The summed E-state index contributed by atoms with van der Waals surface area (Å²) in [5.74, 6) is 0.768. The van der Waals surface area contributed by atoms with Gasteiger partial charge in [-0.2, -0.15) is 0 Å². The molecule has 3 aliphatic rings. The molecular weight excluding hydrogens is 337 g/mol. The first kappa shape index (κ1) is 15.3. The molecule has 26 heavy (non-hydrogen) atoms. The fourth-order valence-corrected chi connectivity index (χ4v) is 4.07. The SMILES string of the molecule is O=c1c(=O)n(C23CC(C2)C3)ccn1Cc1cc(-c2cccc(F)c2)on1. The molecule has 2 aromatic heterocycles. The van der Waals surface area contributed by atoms with Gasteiger partial charge in [-0.3, -0.25) is 9.59 Å². The molecule has 0 N–H and O–H groups in total. The van der Waals surface area contributed by atoms with Crippen LogP contribution in [0, 0.1) is 11.7 Å². The van der Waals surface area contributed by atoms with Crippen molar-refractivity contribution < 1.29 is 8.91 Å². The van der Waals surface area contributed by atoms with Crippen molar-refractivity contribution in [1.82, 2.24) is 14.3 Å². The van der Waals surface area contributed by atoms with Crippen molar-refractivity contribution in [3.8, 4) is 11.3 Å². The van der Waals surface area contributed by atoms with Crippen molar-refractivity contribution in [3.05, 3.63) is 74.9 Å². The molecule has 2 heterocycles. The summed E-state index contributed by atoms with van der Waals surface area (Å²) in [6.45, 7) is 0.128. The molecule has 3 saturated carbocycles. The molecule has 0 atom stereocenters. The minimum absolute atomic E-state index is 0.113. The van der Waals surface area contributed by atoms with Gasteiger partial charge in [0, 0.05) is 29.6 Å². The quantitative estimate of drug-likeness (QED) is 0.675. The molecule has 1 aromatic carbocycles. The Labute approximate surface area is 147 Å². The van der Waals surface area contributed by atoms with Crippen LogP contribution < -0.4 is 11.1 Å².